The van der Waals surface area contributed by atoms with Crippen molar-refractivity contribution in [3.63, 3.8) is 0 Å². The lowest BCUT2D eigenvalue weighted by atomic mass is 10.3. The van der Waals surface area contributed by atoms with Crippen LogP contribution in [0.1, 0.15) is 10.7 Å². The van der Waals surface area contributed by atoms with Crippen molar-refractivity contribution in [1.29, 1.82) is 0 Å². The van der Waals surface area contributed by atoms with Crippen LogP contribution in [0, 0.1) is 6.92 Å². The van der Waals surface area contributed by atoms with Gasteiger partial charge < -0.3 is 15.4 Å². The number of nitrogens with one attached hydrogen (secondary N) is 2. The standard InChI is InChI=1S/C14H17N3O2S/c1-10-9-20-14(16-10)8-15-7-13(18)17-11-4-3-5-12(6-11)19-2/h3-6,9,15H,7-8H2,1-2H3,(H,17,18). The number of ether oxygens (including phenoxy) is 1. The number of rotatable bonds is 6. The van der Waals surface area contributed by atoms with Crippen molar-refractivity contribution in [3.8, 4) is 5.75 Å². The topological polar surface area (TPSA) is 63.2 Å². The van der Waals surface area contributed by atoms with Crippen LogP contribution in [0.3, 0.4) is 0 Å². The third-order valence-corrected chi connectivity index (χ3v) is 3.55. The van der Waals surface area contributed by atoms with Gasteiger partial charge in [0.05, 0.1) is 13.7 Å². The van der Waals surface area contributed by atoms with E-state index in [1.165, 1.54) is 0 Å². The minimum absolute atomic E-state index is 0.0912. The van der Waals surface area contributed by atoms with Gasteiger partial charge in [-0.15, -0.1) is 11.3 Å². The maximum atomic E-state index is 11.8. The van der Waals surface area contributed by atoms with Gasteiger partial charge in [-0.1, -0.05) is 6.07 Å². The molecule has 0 bridgehead atoms. The molecule has 1 aromatic heterocycles. The number of methoxy groups -OCH3 is 1. The van der Waals surface area contributed by atoms with E-state index in [9.17, 15) is 4.79 Å². The fourth-order valence-electron chi connectivity index (χ4n) is 1.67. The summed E-state index contributed by atoms with van der Waals surface area (Å²) in [5.74, 6) is 0.626. The summed E-state index contributed by atoms with van der Waals surface area (Å²) in [5.41, 5.74) is 1.73. The van der Waals surface area contributed by atoms with Gasteiger partial charge in [0.25, 0.3) is 0 Å². The lowest BCUT2D eigenvalue weighted by molar-refractivity contribution is -0.115. The average molecular weight is 291 g/mol. The van der Waals surface area contributed by atoms with Crippen LogP contribution in [0.15, 0.2) is 29.6 Å². The third-order valence-electron chi connectivity index (χ3n) is 2.58. The first-order chi connectivity index (χ1) is 9.67. The molecule has 0 radical (unpaired) electrons. The molecule has 0 saturated heterocycles. The molecular formula is C14H17N3O2S. The van der Waals surface area contributed by atoms with Crippen LogP contribution in [0.25, 0.3) is 0 Å². The summed E-state index contributed by atoms with van der Waals surface area (Å²) in [6, 6.07) is 7.27. The van der Waals surface area contributed by atoms with Crippen LogP contribution in [0.5, 0.6) is 5.75 Å². The van der Waals surface area contributed by atoms with Gasteiger partial charge in [-0.2, -0.15) is 0 Å². The Hall–Kier alpha value is -1.92. The molecule has 106 valence electrons. The van der Waals surface area contributed by atoms with Crippen LogP contribution in [0.4, 0.5) is 5.69 Å². The molecule has 0 atom stereocenters. The SMILES string of the molecule is COc1cccc(NC(=O)CNCc2nc(C)cs2)c1. The van der Waals surface area contributed by atoms with Gasteiger partial charge in [-0.3, -0.25) is 4.79 Å². The minimum atomic E-state index is -0.0912. The number of carbonyl (C=O) groups is 1. The molecule has 2 N–H and O–H groups in total. The molecule has 2 rings (SSSR count). The summed E-state index contributed by atoms with van der Waals surface area (Å²) in [4.78, 5) is 16.1. The Morgan fingerprint density at radius 3 is 3.00 bits per heavy atom. The Morgan fingerprint density at radius 2 is 2.30 bits per heavy atom. The van der Waals surface area contributed by atoms with E-state index in [0.29, 0.717) is 12.3 Å². The van der Waals surface area contributed by atoms with Crippen LogP contribution in [0.2, 0.25) is 0 Å². The molecule has 1 amide bonds. The number of amides is 1. The Labute approximate surface area is 122 Å². The van der Waals surface area contributed by atoms with E-state index < -0.39 is 0 Å². The van der Waals surface area contributed by atoms with E-state index in [-0.39, 0.29) is 12.5 Å². The van der Waals surface area contributed by atoms with Gasteiger partial charge in [0, 0.05) is 29.4 Å². The fourth-order valence-corrected chi connectivity index (χ4v) is 2.41. The highest BCUT2D eigenvalue weighted by atomic mass is 32.1. The fraction of sp³-hybridized carbons (Fsp3) is 0.286. The minimum Gasteiger partial charge on any atom is -0.497 e. The lowest BCUT2D eigenvalue weighted by Gasteiger charge is -2.07. The molecule has 0 unspecified atom stereocenters. The summed E-state index contributed by atoms with van der Waals surface area (Å²) in [7, 11) is 1.60. The van der Waals surface area contributed by atoms with Gasteiger partial charge in [0.15, 0.2) is 0 Å². The number of hydrogen-bond acceptors (Lipinski definition) is 5. The van der Waals surface area contributed by atoms with E-state index in [1.807, 2.05) is 30.5 Å². The molecule has 0 aliphatic heterocycles. The van der Waals surface area contributed by atoms with E-state index >= 15 is 0 Å². The van der Waals surface area contributed by atoms with Crippen LogP contribution >= 0.6 is 11.3 Å². The van der Waals surface area contributed by atoms with Crippen molar-refractivity contribution in [2.75, 3.05) is 19.0 Å². The smallest absolute Gasteiger partial charge is 0.238 e. The molecule has 6 heteroatoms. The Balaban J connectivity index is 1.77. The predicted octanol–water partition coefficient (Wildman–Crippen LogP) is 2.19. The van der Waals surface area contributed by atoms with Gasteiger partial charge in [0.1, 0.15) is 10.8 Å². The van der Waals surface area contributed by atoms with Crippen LogP contribution < -0.4 is 15.4 Å². The second kappa shape index (κ2) is 7.02. The number of anilines is 1. The zero-order chi connectivity index (χ0) is 14.4. The number of hydrogen-bond donors (Lipinski definition) is 2. The molecular weight excluding hydrogens is 274 g/mol. The van der Waals surface area contributed by atoms with Gasteiger partial charge in [-0.05, 0) is 19.1 Å². The number of carbonyl (C=O) groups excluding carboxylic acids is 1. The first kappa shape index (κ1) is 14.5. The summed E-state index contributed by atoms with van der Waals surface area (Å²) in [6.07, 6.45) is 0. The van der Waals surface area contributed by atoms with Crippen molar-refractivity contribution < 1.29 is 9.53 Å². The number of aromatic nitrogens is 1. The first-order valence-corrected chi connectivity index (χ1v) is 7.11. The maximum absolute atomic E-state index is 11.8. The molecule has 0 saturated carbocycles. The highest BCUT2D eigenvalue weighted by Gasteiger charge is 2.04. The second-order valence-corrected chi connectivity index (χ2v) is 5.21. The van der Waals surface area contributed by atoms with E-state index in [4.69, 9.17) is 4.74 Å². The van der Waals surface area contributed by atoms with E-state index in [2.05, 4.69) is 15.6 Å². The highest BCUT2D eigenvalue weighted by molar-refractivity contribution is 7.09. The summed E-state index contributed by atoms with van der Waals surface area (Å²) in [5, 5.41) is 8.85. The molecule has 0 fully saturated rings. The molecule has 20 heavy (non-hydrogen) atoms. The first-order valence-electron chi connectivity index (χ1n) is 6.23. The molecule has 1 aromatic carbocycles. The van der Waals surface area contributed by atoms with Crippen molar-refractivity contribution in [2.24, 2.45) is 0 Å². The highest BCUT2D eigenvalue weighted by Crippen LogP contribution is 2.16. The average Bonchev–Trinajstić information content (AvgIpc) is 2.84. The Morgan fingerprint density at radius 1 is 1.45 bits per heavy atom. The molecule has 1 heterocycles. The summed E-state index contributed by atoms with van der Waals surface area (Å²) >= 11 is 1.59. The predicted molar refractivity (Wildman–Crippen MR) is 80.2 cm³/mol. The van der Waals surface area contributed by atoms with E-state index in [1.54, 1.807) is 24.5 Å². The van der Waals surface area contributed by atoms with Crippen LogP contribution in [-0.4, -0.2) is 24.5 Å². The molecule has 2 aromatic rings. The molecule has 0 spiro atoms. The van der Waals surface area contributed by atoms with Crippen molar-refractivity contribution in [3.05, 3.63) is 40.3 Å². The molecule has 0 aliphatic carbocycles. The van der Waals surface area contributed by atoms with Crippen molar-refractivity contribution in [1.82, 2.24) is 10.3 Å². The largest absolute Gasteiger partial charge is 0.497 e. The monoisotopic (exact) mass is 291 g/mol. The Bertz CT molecular complexity index is 583. The third kappa shape index (κ3) is 4.32. The van der Waals surface area contributed by atoms with Gasteiger partial charge in [-0.25, -0.2) is 4.98 Å². The molecule has 5 nitrogen and oxygen atoms in total. The zero-order valence-electron chi connectivity index (χ0n) is 11.5. The van der Waals surface area contributed by atoms with Gasteiger partial charge >= 0.3 is 0 Å². The lowest BCUT2D eigenvalue weighted by Crippen LogP contribution is -2.27. The maximum Gasteiger partial charge on any atom is 0.238 e. The quantitative estimate of drug-likeness (QED) is 0.856. The Kier molecular flexibility index (Phi) is 5.09. The number of benzene rings is 1. The second-order valence-electron chi connectivity index (χ2n) is 4.27. The normalized spacial score (nSPS) is 10.3. The van der Waals surface area contributed by atoms with Crippen LogP contribution in [-0.2, 0) is 11.3 Å². The van der Waals surface area contributed by atoms with E-state index in [0.717, 1.165) is 16.4 Å². The summed E-state index contributed by atoms with van der Waals surface area (Å²) in [6.45, 7) is 2.80. The zero-order valence-corrected chi connectivity index (χ0v) is 12.3. The van der Waals surface area contributed by atoms with Crippen molar-refractivity contribution >= 4 is 22.9 Å². The van der Waals surface area contributed by atoms with Gasteiger partial charge in [0.2, 0.25) is 5.91 Å². The number of thiazole rings is 1. The summed E-state index contributed by atoms with van der Waals surface area (Å²) < 4.78 is 5.10. The number of aryl methyl sites for hydroxylation is 1. The molecule has 0 aliphatic rings. The number of nitrogens with zero attached hydrogens (tertiary/aromatic N) is 1. The van der Waals surface area contributed by atoms with Crippen molar-refractivity contribution in [2.45, 2.75) is 13.5 Å².